The fourth-order valence-corrected chi connectivity index (χ4v) is 1.88. The van der Waals surface area contributed by atoms with Gasteiger partial charge in [-0.3, -0.25) is 0 Å². The highest BCUT2D eigenvalue weighted by atomic mass is 19.1. The first-order valence-electron chi connectivity index (χ1n) is 7.02. The second-order valence-corrected chi connectivity index (χ2v) is 5.68. The van der Waals surface area contributed by atoms with E-state index in [1.54, 1.807) is 18.0 Å². The molecule has 2 N–H and O–H groups in total. The third-order valence-corrected chi connectivity index (χ3v) is 3.58. The van der Waals surface area contributed by atoms with Gasteiger partial charge >= 0.3 is 6.03 Å². The largest absolute Gasteiger partial charge is 0.340 e. The second kappa shape index (κ2) is 6.11. The van der Waals surface area contributed by atoms with Crippen LogP contribution in [0.4, 0.5) is 9.18 Å². The van der Waals surface area contributed by atoms with E-state index in [1.165, 1.54) is 12.1 Å². The number of H-pyrrole nitrogens is 1. The Hall–Kier alpha value is -2.11. The highest BCUT2D eigenvalue weighted by Crippen LogP contribution is 2.13. The van der Waals surface area contributed by atoms with Gasteiger partial charge in [0, 0.05) is 13.1 Å². The number of hydrogen-bond donors (Lipinski definition) is 2. The van der Waals surface area contributed by atoms with Gasteiger partial charge in [-0.15, -0.1) is 0 Å². The number of amides is 2. The highest BCUT2D eigenvalue weighted by Gasteiger charge is 2.15. The van der Waals surface area contributed by atoms with Crippen LogP contribution in [0.5, 0.6) is 0 Å². The van der Waals surface area contributed by atoms with Crippen LogP contribution in [-0.4, -0.2) is 34.0 Å². The Kier molecular flexibility index (Phi) is 4.45. The maximum Gasteiger partial charge on any atom is 0.317 e. The molecule has 0 saturated carbocycles. The molecule has 2 aromatic rings. The summed E-state index contributed by atoms with van der Waals surface area (Å²) in [6, 6.07) is 4.33. The quantitative estimate of drug-likeness (QED) is 0.910. The van der Waals surface area contributed by atoms with Gasteiger partial charge in [-0.1, -0.05) is 13.8 Å². The fourth-order valence-electron chi connectivity index (χ4n) is 1.88. The topological polar surface area (TPSA) is 61.0 Å². The summed E-state index contributed by atoms with van der Waals surface area (Å²) in [7, 11) is 1.70. The van der Waals surface area contributed by atoms with Crippen LogP contribution in [0.15, 0.2) is 18.2 Å². The number of nitrogens with zero attached hydrogens (tertiary/aromatic N) is 2. The number of carbonyl (C=O) groups excluding carboxylic acids is 1. The third-order valence-electron chi connectivity index (χ3n) is 3.58. The van der Waals surface area contributed by atoms with Gasteiger partial charge in [0.2, 0.25) is 0 Å². The first kappa shape index (κ1) is 15.3. The van der Waals surface area contributed by atoms with Crippen molar-refractivity contribution in [1.29, 1.82) is 0 Å². The molecule has 0 fully saturated rings. The zero-order valence-electron chi connectivity index (χ0n) is 12.8. The number of halogens is 1. The molecule has 0 radical (unpaired) electrons. The van der Waals surface area contributed by atoms with Crippen LogP contribution >= 0.6 is 0 Å². The molecule has 0 saturated heterocycles. The van der Waals surface area contributed by atoms with Crippen molar-refractivity contribution < 1.29 is 9.18 Å². The van der Waals surface area contributed by atoms with Crippen molar-refractivity contribution >= 4 is 17.1 Å². The van der Waals surface area contributed by atoms with E-state index in [1.807, 2.05) is 6.92 Å². The van der Waals surface area contributed by atoms with E-state index < -0.39 is 0 Å². The molecule has 1 unspecified atom stereocenters. The van der Waals surface area contributed by atoms with Gasteiger partial charge in [-0.2, -0.15) is 0 Å². The summed E-state index contributed by atoms with van der Waals surface area (Å²) in [5.74, 6) is 0.691. The number of aromatic amines is 1. The number of aromatic nitrogens is 2. The van der Waals surface area contributed by atoms with Gasteiger partial charge in [0.25, 0.3) is 0 Å². The molecule has 21 heavy (non-hydrogen) atoms. The van der Waals surface area contributed by atoms with Crippen LogP contribution in [-0.2, 0) is 6.54 Å². The summed E-state index contributed by atoms with van der Waals surface area (Å²) in [6.07, 6.45) is 0. The summed E-state index contributed by atoms with van der Waals surface area (Å²) in [5, 5.41) is 2.93. The van der Waals surface area contributed by atoms with Crippen LogP contribution in [0, 0.1) is 11.7 Å². The predicted molar refractivity (Wildman–Crippen MR) is 80.4 cm³/mol. The van der Waals surface area contributed by atoms with Gasteiger partial charge in [-0.05, 0) is 31.0 Å². The minimum atomic E-state index is -0.311. The molecular formula is C15H21FN4O. The number of imidazole rings is 1. The van der Waals surface area contributed by atoms with Crippen molar-refractivity contribution in [3.05, 3.63) is 29.8 Å². The van der Waals surface area contributed by atoms with Crippen molar-refractivity contribution in [2.75, 3.05) is 7.05 Å². The minimum absolute atomic E-state index is 0.102. The maximum absolute atomic E-state index is 13.1. The van der Waals surface area contributed by atoms with Crippen molar-refractivity contribution in [2.24, 2.45) is 5.92 Å². The molecule has 1 aromatic carbocycles. The number of nitrogens with one attached hydrogen (secondary N) is 2. The Morgan fingerprint density at radius 2 is 2.14 bits per heavy atom. The molecule has 1 heterocycles. The Morgan fingerprint density at radius 1 is 1.43 bits per heavy atom. The predicted octanol–water partition coefficient (Wildman–Crippen LogP) is 2.89. The average Bonchev–Trinajstić information content (AvgIpc) is 2.79. The van der Waals surface area contributed by atoms with E-state index >= 15 is 0 Å². The molecule has 6 heteroatoms. The molecule has 2 amide bonds. The third kappa shape index (κ3) is 3.71. The highest BCUT2D eigenvalue weighted by molar-refractivity contribution is 5.76. The minimum Gasteiger partial charge on any atom is -0.340 e. The molecule has 0 aliphatic carbocycles. The molecule has 1 aromatic heterocycles. The Morgan fingerprint density at radius 3 is 2.81 bits per heavy atom. The van der Waals surface area contributed by atoms with E-state index in [-0.39, 0.29) is 17.9 Å². The normalized spacial score (nSPS) is 12.7. The zero-order chi connectivity index (χ0) is 15.6. The van der Waals surface area contributed by atoms with E-state index in [9.17, 15) is 9.18 Å². The number of benzene rings is 1. The molecule has 114 valence electrons. The van der Waals surface area contributed by atoms with Crippen LogP contribution in [0.1, 0.15) is 26.6 Å². The monoisotopic (exact) mass is 292 g/mol. The maximum atomic E-state index is 13.1. The Bertz CT molecular complexity index is 638. The van der Waals surface area contributed by atoms with Crippen LogP contribution in [0.25, 0.3) is 11.0 Å². The summed E-state index contributed by atoms with van der Waals surface area (Å²) in [4.78, 5) is 21.0. The molecule has 2 rings (SSSR count). The zero-order valence-corrected chi connectivity index (χ0v) is 12.8. The summed E-state index contributed by atoms with van der Waals surface area (Å²) in [5.41, 5.74) is 1.32. The lowest BCUT2D eigenvalue weighted by Crippen LogP contribution is -2.43. The molecule has 5 nitrogen and oxygen atoms in total. The van der Waals surface area contributed by atoms with E-state index in [4.69, 9.17) is 0 Å². The van der Waals surface area contributed by atoms with Crippen molar-refractivity contribution in [3.63, 3.8) is 0 Å². The van der Waals surface area contributed by atoms with E-state index in [2.05, 4.69) is 29.1 Å². The Labute approximate surface area is 123 Å². The summed E-state index contributed by atoms with van der Waals surface area (Å²) >= 11 is 0. The number of urea groups is 1. The first-order valence-corrected chi connectivity index (χ1v) is 7.02. The smallest absolute Gasteiger partial charge is 0.317 e. The first-order chi connectivity index (χ1) is 9.86. The number of hydrogen-bond acceptors (Lipinski definition) is 2. The molecule has 0 aliphatic rings. The number of fused-ring (bicyclic) bond motifs is 1. The molecular weight excluding hydrogens is 271 g/mol. The van der Waals surface area contributed by atoms with Gasteiger partial charge in [-0.25, -0.2) is 14.2 Å². The van der Waals surface area contributed by atoms with E-state index in [0.29, 0.717) is 29.3 Å². The van der Waals surface area contributed by atoms with E-state index in [0.717, 1.165) is 0 Å². The number of carbonyl (C=O) groups is 1. The molecule has 0 spiro atoms. The van der Waals surface area contributed by atoms with Crippen molar-refractivity contribution in [3.8, 4) is 0 Å². The second-order valence-electron chi connectivity index (χ2n) is 5.68. The van der Waals surface area contributed by atoms with Gasteiger partial charge in [0.05, 0.1) is 17.6 Å². The summed E-state index contributed by atoms with van der Waals surface area (Å²) in [6.45, 7) is 6.42. The fraction of sp³-hybridized carbons (Fsp3) is 0.467. The van der Waals surface area contributed by atoms with Gasteiger partial charge in [0.15, 0.2) is 0 Å². The summed E-state index contributed by atoms with van der Waals surface area (Å²) < 4.78 is 13.1. The Balaban J connectivity index is 2.03. The van der Waals surface area contributed by atoms with Crippen LogP contribution in [0.2, 0.25) is 0 Å². The molecule has 0 aliphatic heterocycles. The van der Waals surface area contributed by atoms with Gasteiger partial charge in [0.1, 0.15) is 11.6 Å². The average molecular weight is 292 g/mol. The molecule has 1 atom stereocenters. The van der Waals surface area contributed by atoms with Crippen LogP contribution < -0.4 is 5.32 Å². The lowest BCUT2D eigenvalue weighted by molar-refractivity contribution is 0.199. The lowest BCUT2D eigenvalue weighted by atomic mass is 10.1. The van der Waals surface area contributed by atoms with Crippen molar-refractivity contribution in [2.45, 2.75) is 33.4 Å². The van der Waals surface area contributed by atoms with Gasteiger partial charge < -0.3 is 15.2 Å². The standard InChI is InChI=1S/C15H21FN4O/c1-9(2)10(3)17-15(21)20(4)8-14-18-12-6-5-11(16)7-13(12)19-14/h5-7,9-10H,8H2,1-4H3,(H,17,21)(H,18,19). The SMILES string of the molecule is CC(C)C(C)NC(=O)N(C)Cc1nc2ccc(F)cc2[nH]1. The lowest BCUT2D eigenvalue weighted by Gasteiger charge is -2.22. The molecule has 0 bridgehead atoms. The van der Waals surface area contributed by atoms with Crippen LogP contribution in [0.3, 0.4) is 0 Å². The van der Waals surface area contributed by atoms with Crippen molar-refractivity contribution in [1.82, 2.24) is 20.2 Å². The number of rotatable bonds is 4.